The molecule has 0 spiro atoms. The van der Waals surface area contributed by atoms with Gasteiger partial charge in [-0.2, -0.15) is 5.26 Å². The monoisotopic (exact) mass is 371 g/mol. The van der Waals surface area contributed by atoms with Crippen LogP contribution < -0.4 is 0 Å². The molecule has 0 N–H and O–H groups in total. The number of aryl methyl sites for hydroxylation is 1. The van der Waals surface area contributed by atoms with Gasteiger partial charge in [0.15, 0.2) is 0 Å². The number of hydrogen-bond donors (Lipinski definition) is 0. The van der Waals surface area contributed by atoms with E-state index in [-0.39, 0.29) is 5.91 Å². The van der Waals surface area contributed by atoms with Crippen LogP contribution in [0.4, 0.5) is 0 Å². The first-order valence-electron chi connectivity index (χ1n) is 9.41. The lowest BCUT2D eigenvalue weighted by Gasteiger charge is -2.34. The van der Waals surface area contributed by atoms with Crippen LogP contribution in [0.5, 0.6) is 0 Å². The van der Waals surface area contributed by atoms with Crippen molar-refractivity contribution in [1.29, 1.82) is 5.26 Å². The van der Waals surface area contributed by atoms with E-state index in [1.807, 2.05) is 23.2 Å². The van der Waals surface area contributed by atoms with Crippen LogP contribution in [0.1, 0.15) is 40.5 Å². The second-order valence-electron chi connectivity index (χ2n) is 7.04. The molecule has 3 heterocycles. The van der Waals surface area contributed by atoms with E-state index >= 15 is 0 Å². The summed E-state index contributed by atoms with van der Waals surface area (Å²) >= 11 is 0. The number of carbonyl (C=O) groups is 1. The van der Waals surface area contributed by atoms with Gasteiger partial charge in [0.25, 0.3) is 5.91 Å². The quantitative estimate of drug-likeness (QED) is 0.705. The highest BCUT2D eigenvalue weighted by Crippen LogP contribution is 2.30. The van der Waals surface area contributed by atoms with Crippen molar-refractivity contribution in [3.8, 4) is 17.5 Å². The molecule has 6 heteroatoms. The van der Waals surface area contributed by atoms with Gasteiger partial charge >= 0.3 is 0 Å². The summed E-state index contributed by atoms with van der Waals surface area (Å²) in [6.07, 6.45) is 7.24. The molecule has 1 amide bonds. The van der Waals surface area contributed by atoms with E-state index in [9.17, 15) is 4.79 Å². The van der Waals surface area contributed by atoms with Gasteiger partial charge < -0.3 is 9.47 Å². The molecule has 0 saturated carbocycles. The second kappa shape index (κ2) is 7.65. The molecule has 1 aliphatic rings. The fourth-order valence-corrected chi connectivity index (χ4v) is 3.82. The maximum Gasteiger partial charge on any atom is 0.253 e. The van der Waals surface area contributed by atoms with Gasteiger partial charge in [0, 0.05) is 54.5 Å². The SMILES string of the molecule is Cc1cnc(-c2ccncc2)n1C1CCN(C(=O)c2ccc(C#N)cc2)CC1. The summed E-state index contributed by atoms with van der Waals surface area (Å²) in [5.41, 5.74) is 3.38. The average molecular weight is 371 g/mol. The lowest BCUT2D eigenvalue weighted by atomic mass is 10.0. The zero-order valence-corrected chi connectivity index (χ0v) is 15.7. The highest BCUT2D eigenvalue weighted by molar-refractivity contribution is 5.94. The lowest BCUT2D eigenvalue weighted by Crippen LogP contribution is -2.39. The number of rotatable bonds is 3. The number of pyridine rings is 1. The number of benzene rings is 1. The minimum Gasteiger partial charge on any atom is -0.338 e. The van der Waals surface area contributed by atoms with Crippen LogP contribution in [0, 0.1) is 18.3 Å². The highest BCUT2D eigenvalue weighted by Gasteiger charge is 2.27. The summed E-state index contributed by atoms with van der Waals surface area (Å²) in [7, 11) is 0. The summed E-state index contributed by atoms with van der Waals surface area (Å²) < 4.78 is 2.29. The third-order valence-electron chi connectivity index (χ3n) is 5.30. The summed E-state index contributed by atoms with van der Waals surface area (Å²) in [6.45, 7) is 3.49. The number of piperidine rings is 1. The van der Waals surface area contributed by atoms with Crippen molar-refractivity contribution in [1.82, 2.24) is 19.4 Å². The minimum absolute atomic E-state index is 0.0275. The number of hydrogen-bond acceptors (Lipinski definition) is 4. The predicted molar refractivity (Wildman–Crippen MR) is 106 cm³/mol. The number of aromatic nitrogens is 3. The molecule has 0 unspecified atom stereocenters. The number of amides is 1. The fourth-order valence-electron chi connectivity index (χ4n) is 3.82. The third-order valence-corrected chi connectivity index (χ3v) is 5.30. The van der Waals surface area contributed by atoms with Gasteiger partial charge in [-0.25, -0.2) is 4.98 Å². The lowest BCUT2D eigenvalue weighted by molar-refractivity contribution is 0.0694. The van der Waals surface area contributed by atoms with Crippen LogP contribution in [0.2, 0.25) is 0 Å². The van der Waals surface area contributed by atoms with Crippen LogP contribution in [0.15, 0.2) is 55.0 Å². The molecule has 140 valence electrons. The summed E-state index contributed by atoms with van der Waals surface area (Å²) in [6, 6.07) is 13.2. The molecule has 1 saturated heterocycles. The van der Waals surface area contributed by atoms with Crippen molar-refractivity contribution >= 4 is 5.91 Å². The van der Waals surface area contributed by atoms with Crippen LogP contribution in [-0.2, 0) is 0 Å². The normalized spacial score (nSPS) is 14.6. The Morgan fingerprint density at radius 2 is 1.79 bits per heavy atom. The van der Waals surface area contributed by atoms with Gasteiger partial charge in [-0.15, -0.1) is 0 Å². The first-order chi connectivity index (χ1) is 13.7. The Balaban J connectivity index is 1.48. The maximum atomic E-state index is 12.8. The molecule has 2 aromatic heterocycles. The van der Waals surface area contributed by atoms with Gasteiger partial charge in [-0.05, 0) is 56.2 Å². The van der Waals surface area contributed by atoms with E-state index in [1.165, 1.54) is 0 Å². The Morgan fingerprint density at radius 3 is 2.43 bits per heavy atom. The van der Waals surface area contributed by atoms with E-state index < -0.39 is 0 Å². The predicted octanol–water partition coefficient (Wildman–Crippen LogP) is 3.60. The van der Waals surface area contributed by atoms with Crippen molar-refractivity contribution in [2.45, 2.75) is 25.8 Å². The van der Waals surface area contributed by atoms with Gasteiger partial charge in [-0.1, -0.05) is 0 Å². The Bertz CT molecular complexity index is 1010. The van der Waals surface area contributed by atoms with E-state index in [4.69, 9.17) is 5.26 Å². The average Bonchev–Trinajstić information content (AvgIpc) is 3.15. The number of carbonyl (C=O) groups excluding carboxylic acids is 1. The molecule has 0 bridgehead atoms. The Labute approximate surface area is 164 Å². The van der Waals surface area contributed by atoms with E-state index in [1.54, 1.807) is 36.7 Å². The topological polar surface area (TPSA) is 74.8 Å². The zero-order valence-electron chi connectivity index (χ0n) is 15.7. The van der Waals surface area contributed by atoms with E-state index in [0.29, 0.717) is 30.3 Å². The molecule has 3 aromatic rings. The van der Waals surface area contributed by atoms with Crippen molar-refractivity contribution in [2.75, 3.05) is 13.1 Å². The highest BCUT2D eigenvalue weighted by atomic mass is 16.2. The largest absolute Gasteiger partial charge is 0.338 e. The molecule has 0 radical (unpaired) electrons. The van der Waals surface area contributed by atoms with Gasteiger partial charge in [-0.3, -0.25) is 9.78 Å². The molecular formula is C22H21N5O. The van der Waals surface area contributed by atoms with E-state index in [2.05, 4.69) is 27.5 Å². The van der Waals surface area contributed by atoms with Crippen LogP contribution in [0.25, 0.3) is 11.4 Å². The molecule has 0 aliphatic carbocycles. The Kier molecular flexibility index (Phi) is 4.90. The van der Waals surface area contributed by atoms with Crippen molar-refractivity contribution < 1.29 is 4.79 Å². The molecular weight excluding hydrogens is 350 g/mol. The molecule has 1 aliphatic heterocycles. The molecule has 1 aromatic carbocycles. The first-order valence-corrected chi connectivity index (χ1v) is 9.41. The maximum absolute atomic E-state index is 12.8. The molecule has 6 nitrogen and oxygen atoms in total. The minimum atomic E-state index is 0.0275. The van der Waals surface area contributed by atoms with Crippen LogP contribution in [-0.4, -0.2) is 38.4 Å². The number of imidazole rings is 1. The van der Waals surface area contributed by atoms with Crippen LogP contribution >= 0.6 is 0 Å². The first kappa shape index (κ1) is 17.9. The Hall–Kier alpha value is -3.46. The van der Waals surface area contributed by atoms with E-state index in [0.717, 1.165) is 29.9 Å². The van der Waals surface area contributed by atoms with Gasteiger partial charge in [0.2, 0.25) is 0 Å². The zero-order chi connectivity index (χ0) is 19.5. The fraction of sp³-hybridized carbons (Fsp3) is 0.273. The van der Waals surface area contributed by atoms with Crippen molar-refractivity contribution in [3.05, 3.63) is 71.8 Å². The molecule has 28 heavy (non-hydrogen) atoms. The second-order valence-corrected chi connectivity index (χ2v) is 7.04. The number of likely N-dealkylation sites (tertiary alicyclic amines) is 1. The number of nitriles is 1. The Morgan fingerprint density at radius 1 is 1.11 bits per heavy atom. The summed E-state index contributed by atoms with van der Waals surface area (Å²) in [4.78, 5) is 23.4. The van der Waals surface area contributed by atoms with Gasteiger partial charge in [0.05, 0.1) is 11.6 Å². The number of nitrogens with zero attached hydrogens (tertiary/aromatic N) is 5. The van der Waals surface area contributed by atoms with Gasteiger partial charge in [0.1, 0.15) is 5.82 Å². The van der Waals surface area contributed by atoms with Crippen molar-refractivity contribution in [2.24, 2.45) is 0 Å². The van der Waals surface area contributed by atoms with Crippen LogP contribution in [0.3, 0.4) is 0 Å². The standard InChI is InChI=1S/C22H21N5O/c1-16-15-25-21(18-6-10-24-11-7-18)27(16)20-8-12-26(13-9-20)22(28)19-4-2-17(14-23)3-5-19/h2-7,10-11,15,20H,8-9,12-13H2,1H3. The molecule has 0 atom stereocenters. The van der Waals surface area contributed by atoms with Crippen molar-refractivity contribution in [3.63, 3.8) is 0 Å². The summed E-state index contributed by atoms with van der Waals surface area (Å²) in [5, 5.41) is 8.91. The third kappa shape index (κ3) is 3.39. The molecule has 1 fully saturated rings. The molecule has 4 rings (SSSR count). The smallest absolute Gasteiger partial charge is 0.253 e. The summed E-state index contributed by atoms with van der Waals surface area (Å²) in [5.74, 6) is 0.983.